The fraction of sp³-hybridized carbons (Fsp3) is 0.357. The number of nitrogens with zero attached hydrogens (tertiary/aromatic N) is 4. The van der Waals surface area contributed by atoms with Crippen molar-refractivity contribution in [3.63, 3.8) is 0 Å². The highest BCUT2D eigenvalue weighted by atomic mass is 16.4. The van der Waals surface area contributed by atoms with Crippen molar-refractivity contribution in [2.24, 2.45) is 5.92 Å². The maximum absolute atomic E-state index is 11.4. The molecule has 35 heavy (non-hydrogen) atoms. The molecule has 7 heteroatoms. The molecule has 0 atom stereocenters. The molecular formula is C28H31N5O2. The Kier molecular flexibility index (Phi) is 6.01. The molecule has 1 fully saturated rings. The molecule has 0 radical (unpaired) electrons. The molecule has 1 aliphatic rings. The maximum Gasteiger partial charge on any atom is 0.306 e. The lowest BCUT2D eigenvalue weighted by Gasteiger charge is -2.27. The van der Waals surface area contributed by atoms with E-state index in [1.807, 2.05) is 19.2 Å². The molecule has 3 N–H and O–H groups in total. The number of rotatable bonds is 5. The van der Waals surface area contributed by atoms with Crippen molar-refractivity contribution in [3.8, 4) is 22.4 Å². The van der Waals surface area contributed by atoms with Gasteiger partial charge in [0.25, 0.3) is 0 Å². The number of anilines is 1. The van der Waals surface area contributed by atoms with Crippen LogP contribution < -0.4 is 5.73 Å². The molecule has 4 aromatic rings. The molecule has 0 aliphatic heterocycles. The number of hydrogen-bond donors (Lipinski definition) is 2. The number of nitrogens with two attached hydrogens (primary N) is 1. The standard InChI is InChI=1S/C28H31N5O2/c1-16(2)20-5-4-6-21(13-20)24-12-11-22(14-30-24)23-15-31-33-26(29)17(3)25(32-27(23)33)18-7-9-19(10-8-18)28(34)35/h4-6,11-16,18-19H,7-10,29H2,1-3H3,(H,34,35). The van der Waals surface area contributed by atoms with Gasteiger partial charge in [-0.15, -0.1) is 0 Å². The minimum Gasteiger partial charge on any atom is -0.481 e. The Bertz CT molecular complexity index is 1380. The van der Waals surface area contributed by atoms with Crippen molar-refractivity contribution in [2.45, 2.75) is 58.3 Å². The third kappa shape index (κ3) is 4.27. The molecule has 3 heterocycles. The molecule has 0 unspecified atom stereocenters. The van der Waals surface area contributed by atoms with Crippen LogP contribution in [-0.4, -0.2) is 30.7 Å². The summed E-state index contributed by atoms with van der Waals surface area (Å²) in [6.45, 7) is 6.35. The van der Waals surface area contributed by atoms with Crippen LogP contribution in [0.1, 0.15) is 68.2 Å². The van der Waals surface area contributed by atoms with Gasteiger partial charge >= 0.3 is 5.97 Å². The van der Waals surface area contributed by atoms with Gasteiger partial charge in [-0.1, -0.05) is 38.1 Å². The number of aromatic nitrogens is 4. The van der Waals surface area contributed by atoms with E-state index < -0.39 is 5.97 Å². The summed E-state index contributed by atoms with van der Waals surface area (Å²) in [5, 5.41) is 13.9. The first-order chi connectivity index (χ1) is 16.8. The third-order valence-corrected chi connectivity index (χ3v) is 7.35. The van der Waals surface area contributed by atoms with Gasteiger partial charge in [-0.3, -0.25) is 9.78 Å². The van der Waals surface area contributed by atoms with Gasteiger partial charge in [0.2, 0.25) is 0 Å². The normalized spacial score (nSPS) is 18.3. The highest BCUT2D eigenvalue weighted by molar-refractivity contribution is 5.79. The number of nitrogen functional groups attached to an aromatic ring is 1. The molecule has 180 valence electrons. The summed E-state index contributed by atoms with van der Waals surface area (Å²) in [7, 11) is 0. The minimum absolute atomic E-state index is 0.203. The monoisotopic (exact) mass is 469 g/mol. The van der Waals surface area contributed by atoms with E-state index in [9.17, 15) is 9.90 Å². The number of hydrogen-bond acceptors (Lipinski definition) is 5. The van der Waals surface area contributed by atoms with Crippen molar-refractivity contribution < 1.29 is 9.90 Å². The number of benzene rings is 1. The van der Waals surface area contributed by atoms with E-state index >= 15 is 0 Å². The van der Waals surface area contributed by atoms with Gasteiger partial charge < -0.3 is 10.8 Å². The number of aliphatic carboxylic acids is 1. The summed E-state index contributed by atoms with van der Waals surface area (Å²) in [4.78, 5) is 21.1. The van der Waals surface area contributed by atoms with Crippen LogP contribution in [0, 0.1) is 12.8 Å². The summed E-state index contributed by atoms with van der Waals surface area (Å²) in [5.41, 5.74) is 14.2. The lowest BCUT2D eigenvalue weighted by Crippen LogP contribution is -2.22. The Labute approximate surface area is 205 Å². The van der Waals surface area contributed by atoms with Crippen molar-refractivity contribution in [1.29, 1.82) is 0 Å². The maximum atomic E-state index is 11.4. The smallest absolute Gasteiger partial charge is 0.306 e. The van der Waals surface area contributed by atoms with Crippen molar-refractivity contribution >= 4 is 17.4 Å². The predicted octanol–water partition coefficient (Wildman–Crippen LogP) is 5.83. The molecule has 1 aromatic carbocycles. The summed E-state index contributed by atoms with van der Waals surface area (Å²) in [6.07, 6.45) is 6.60. The lowest BCUT2D eigenvalue weighted by atomic mass is 9.79. The summed E-state index contributed by atoms with van der Waals surface area (Å²) in [6, 6.07) is 12.6. The first kappa shape index (κ1) is 23.0. The van der Waals surface area contributed by atoms with E-state index in [1.165, 1.54) is 5.56 Å². The van der Waals surface area contributed by atoms with Gasteiger partial charge in [0.05, 0.1) is 23.5 Å². The topological polar surface area (TPSA) is 106 Å². The second-order valence-corrected chi connectivity index (χ2v) is 9.90. The Morgan fingerprint density at radius 2 is 1.86 bits per heavy atom. The number of pyridine rings is 1. The number of carboxylic acids is 1. The van der Waals surface area contributed by atoms with Crippen molar-refractivity contribution in [1.82, 2.24) is 19.6 Å². The van der Waals surface area contributed by atoms with Gasteiger partial charge in [-0.2, -0.15) is 9.61 Å². The van der Waals surface area contributed by atoms with Crippen LogP contribution in [-0.2, 0) is 4.79 Å². The molecule has 0 amide bonds. The summed E-state index contributed by atoms with van der Waals surface area (Å²) < 4.78 is 1.69. The second-order valence-electron chi connectivity index (χ2n) is 9.90. The first-order valence-electron chi connectivity index (χ1n) is 12.3. The van der Waals surface area contributed by atoms with Crippen LogP contribution in [0.5, 0.6) is 0 Å². The zero-order valence-corrected chi connectivity index (χ0v) is 20.4. The Balaban J connectivity index is 1.48. The fourth-order valence-corrected chi connectivity index (χ4v) is 5.11. The van der Waals surface area contributed by atoms with Gasteiger partial charge in [0.15, 0.2) is 5.65 Å². The Morgan fingerprint density at radius 1 is 1.09 bits per heavy atom. The summed E-state index contributed by atoms with van der Waals surface area (Å²) in [5.74, 6) is 0.277. The third-order valence-electron chi connectivity index (χ3n) is 7.35. The largest absolute Gasteiger partial charge is 0.481 e. The molecule has 0 spiro atoms. The zero-order valence-electron chi connectivity index (χ0n) is 20.4. The highest BCUT2D eigenvalue weighted by Crippen LogP contribution is 2.38. The first-order valence-corrected chi connectivity index (χ1v) is 12.3. The van der Waals surface area contributed by atoms with Crippen LogP contribution in [0.15, 0.2) is 48.8 Å². The van der Waals surface area contributed by atoms with Crippen LogP contribution in [0.25, 0.3) is 28.0 Å². The summed E-state index contributed by atoms with van der Waals surface area (Å²) >= 11 is 0. The number of fused-ring (bicyclic) bond motifs is 1. The van der Waals surface area contributed by atoms with E-state index in [1.54, 1.807) is 10.7 Å². The molecule has 1 aliphatic carbocycles. The van der Waals surface area contributed by atoms with Crippen LogP contribution in [0.2, 0.25) is 0 Å². The highest BCUT2D eigenvalue weighted by Gasteiger charge is 2.29. The van der Waals surface area contributed by atoms with E-state index in [0.717, 1.165) is 46.5 Å². The van der Waals surface area contributed by atoms with Gasteiger partial charge in [0.1, 0.15) is 5.82 Å². The quantitative estimate of drug-likeness (QED) is 0.381. The second kappa shape index (κ2) is 9.13. The van der Waals surface area contributed by atoms with Gasteiger partial charge in [0, 0.05) is 34.4 Å². The van der Waals surface area contributed by atoms with E-state index in [0.29, 0.717) is 30.2 Å². The molecule has 5 rings (SSSR count). The molecule has 7 nitrogen and oxygen atoms in total. The average Bonchev–Trinajstić information content (AvgIpc) is 3.30. The average molecular weight is 470 g/mol. The molecule has 3 aromatic heterocycles. The Hall–Kier alpha value is -3.74. The van der Waals surface area contributed by atoms with Gasteiger partial charge in [-0.05, 0) is 56.2 Å². The SMILES string of the molecule is Cc1c(C2CCC(C(=O)O)CC2)nc2c(-c3ccc(-c4cccc(C(C)C)c4)nc3)cnn2c1N. The molecule has 0 saturated heterocycles. The van der Waals surface area contributed by atoms with Crippen LogP contribution in [0.4, 0.5) is 5.82 Å². The van der Waals surface area contributed by atoms with E-state index in [-0.39, 0.29) is 11.8 Å². The molecule has 0 bridgehead atoms. The predicted molar refractivity (Wildman–Crippen MR) is 137 cm³/mol. The molecular weight excluding hydrogens is 438 g/mol. The van der Waals surface area contributed by atoms with Crippen molar-refractivity contribution in [3.05, 3.63) is 65.6 Å². The van der Waals surface area contributed by atoms with Crippen molar-refractivity contribution in [2.75, 3.05) is 5.73 Å². The Morgan fingerprint density at radius 3 is 2.51 bits per heavy atom. The van der Waals surface area contributed by atoms with Crippen LogP contribution in [0.3, 0.4) is 0 Å². The zero-order chi connectivity index (χ0) is 24.7. The number of carboxylic acid groups (broad SMARTS) is 1. The number of carbonyl (C=O) groups is 1. The fourth-order valence-electron chi connectivity index (χ4n) is 5.11. The minimum atomic E-state index is -0.701. The van der Waals surface area contributed by atoms with Crippen LogP contribution >= 0.6 is 0 Å². The van der Waals surface area contributed by atoms with E-state index in [2.05, 4.69) is 49.3 Å². The van der Waals surface area contributed by atoms with E-state index in [4.69, 9.17) is 15.7 Å². The lowest BCUT2D eigenvalue weighted by molar-refractivity contribution is -0.142. The molecule has 1 saturated carbocycles. The van der Waals surface area contributed by atoms with Gasteiger partial charge in [-0.25, -0.2) is 4.98 Å².